The predicted molar refractivity (Wildman–Crippen MR) is 146 cm³/mol. The summed E-state index contributed by atoms with van der Waals surface area (Å²) in [7, 11) is 0. The van der Waals surface area contributed by atoms with E-state index in [9.17, 15) is 14.0 Å². The zero-order valence-electron chi connectivity index (χ0n) is 22.4. The maximum absolute atomic E-state index is 15.1. The van der Waals surface area contributed by atoms with E-state index in [2.05, 4.69) is 20.6 Å². The van der Waals surface area contributed by atoms with Gasteiger partial charge in [-0.3, -0.25) is 9.78 Å². The lowest BCUT2D eigenvalue weighted by Crippen LogP contribution is -2.33. The standard InChI is InChI=1S/C29H33F2N5O3/c1-5-8-23-22(31)16-21(27(36-23)34-14-12-18-9-6-10-19(30)15-18)25(26(32)37)20-11-7-13-33-24(20)17-35-28(38)39-29(2,3)4/h5-11,13,15-16,25H,12,14,17H2,1-4H3,(H2,32,37)(H,34,36)(H,35,38)/b8-5+. The van der Waals surface area contributed by atoms with Gasteiger partial charge in [-0.05, 0) is 75.6 Å². The Balaban J connectivity index is 1.97. The zero-order valence-corrected chi connectivity index (χ0v) is 22.4. The van der Waals surface area contributed by atoms with E-state index < -0.39 is 29.3 Å². The zero-order chi connectivity index (χ0) is 28.6. The Bertz CT molecular complexity index is 1350. The molecule has 206 valence electrons. The molecule has 0 aliphatic heterocycles. The number of nitrogens with one attached hydrogen (secondary N) is 2. The minimum atomic E-state index is -1.13. The lowest BCUT2D eigenvalue weighted by atomic mass is 9.89. The van der Waals surface area contributed by atoms with Crippen LogP contribution >= 0.6 is 0 Å². The number of benzene rings is 1. The van der Waals surface area contributed by atoms with E-state index in [0.717, 1.165) is 5.56 Å². The van der Waals surface area contributed by atoms with Crippen LogP contribution in [-0.2, 0) is 22.5 Å². The third-order valence-electron chi connectivity index (χ3n) is 5.58. The minimum Gasteiger partial charge on any atom is -0.444 e. The first kappa shape index (κ1) is 29.2. The number of ether oxygens (including phenoxy) is 1. The summed E-state index contributed by atoms with van der Waals surface area (Å²) in [4.78, 5) is 33.8. The van der Waals surface area contributed by atoms with Crippen molar-refractivity contribution in [3.8, 4) is 0 Å². The van der Waals surface area contributed by atoms with E-state index in [1.165, 1.54) is 30.5 Å². The maximum atomic E-state index is 15.1. The molecule has 1 aromatic carbocycles. The number of pyridine rings is 2. The van der Waals surface area contributed by atoms with Gasteiger partial charge in [-0.1, -0.05) is 24.3 Å². The van der Waals surface area contributed by atoms with Gasteiger partial charge in [0.15, 0.2) is 0 Å². The number of alkyl carbamates (subject to hydrolysis) is 1. The molecule has 0 fully saturated rings. The molecule has 2 amide bonds. The van der Waals surface area contributed by atoms with Crippen molar-refractivity contribution in [2.24, 2.45) is 5.73 Å². The number of primary amides is 1. The largest absolute Gasteiger partial charge is 0.444 e. The number of nitrogens with zero attached hydrogens (tertiary/aromatic N) is 2. The molecule has 0 saturated carbocycles. The van der Waals surface area contributed by atoms with Gasteiger partial charge in [-0.2, -0.15) is 0 Å². The van der Waals surface area contributed by atoms with Crippen molar-refractivity contribution in [3.05, 3.63) is 94.5 Å². The number of aromatic nitrogens is 2. The van der Waals surface area contributed by atoms with Gasteiger partial charge in [0.05, 0.1) is 18.2 Å². The first-order chi connectivity index (χ1) is 18.5. The average Bonchev–Trinajstić information content (AvgIpc) is 2.85. The highest BCUT2D eigenvalue weighted by molar-refractivity contribution is 5.87. The quantitative estimate of drug-likeness (QED) is 0.332. The van der Waals surface area contributed by atoms with Gasteiger partial charge in [0, 0.05) is 18.3 Å². The minimum absolute atomic E-state index is 0.0518. The Morgan fingerprint density at radius 2 is 1.90 bits per heavy atom. The SMILES string of the molecule is C/C=C/c1nc(NCCc2cccc(F)c2)c(C(C(N)=O)c2cccnc2CNC(=O)OC(C)(C)C)cc1F. The summed E-state index contributed by atoms with van der Waals surface area (Å²) in [5.41, 5.74) is 6.94. The van der Waals surface area contributed by atoms with Crippen LogP contribution in [0.3, 0.4) is 0 Å². The molecule has 0 bridgehead atoms. The summed E-state index contributed by atoms with van der Waals surface area (Å²) in [6.45, 7) is 7.23. The van der Waals surface area contributed by atoms with Gasteiger partial charge < -0.3 is 21.1 Å². The van der Waals surface area contributed by atoms with Gasteiger partial charge in [0.1, 0.15) is 28.7 Å². The normalized spacial score (nSPS) is 12.3. The second-order valence-electron chi connectivity index (χ2n) is 9.83. The first-order valence-electron chi connectivity index (χ1n) is 12.5. The number of amides is 2. The van der Waals surface area contributed by atoms with Crippen LogP contribution in [0.1, 0.15) is 61.7 Å². The third kappa shape index (κ3) is 8.33. The van der Waals surface area contributed by atoms with Crippen molar-refractivity contribution in [2.45, 2.75) is 52.2 Å². The Morgan fingerprint density at radius 1 is 1.13 bits per heavy atom. The van der Waals surface area contributed by atoms with Crippen molar-refractivity contribution in [1.82, 2.24) is 15.3 Å². The lowest BCUT2D eigenvalue weighted by molar-refractivity contribution is -0.118. The third-order valence-corrected chi connectivity index (χ3v) is 5.58. The smallest absolute Gasteiger partial charge is 0.407 e. The molecule has 0 aliphatic carbocycles. The van der Waals surface area contributed by atoms with Gasteiger partial charge in [-0.15, -0.1) is 0 Å². The Kier molecular flexibility index (Phi) is 9.70. The summed E-state index contributed by atoms with van der Waals surface area (Å²) in [5, 5.41) is 5.78. The molecule has 4 N–H and O–H groups in total. The van der Waals surface area contributed by atoms with Crippen molar-refractivity contribution < 1.29 is 23.1 Å². The molecule has 8 nitrogen and oxygen atoms in total. The molecule has 10 heteroatoms. The monoisotopic (exact) mass is 537 g/mol. The summed E-state index contributed by atoms with van der Waals surface area (Å²) in [5.74, 6) is -2.62. The number of hydrogen-bond donors (Lipinski definition) is 3. The molecule has 1 unspecified atom stereocenters. The van der Waals surface area contributed by atoms with Gasteiger partial charge in [0.2, 0.25) is 5.91 Å². The molecule has 0 radical (unpaired) electrons. The Labute approximate surface area is 226 Å². The summed E-state index contributed by atoms with van der Waals surface area (Å²) < 4.78 is 34.0. The molecular weight excluding hydrogens is 504 g/mol. The topological polar surface area (TPSA) is 119 Å². The molecule has 0 saturated heterocycles. The number of carbonyl (C=O) groups is 2. The molecule has 3 rings (SSSR count). The van der Waals surface area contributed by atoms with Crippen molar-refractivity contribution in [1.29, 1.82) is 0 Å². The summed E-state index contributed by atoms with van der Waals surface area (Å²) in [6.07, 6.45) is 4.47. The molecular formula is C29H33F2N5O3. The van der Waals surface area contributed by atoms with E-state index in [4.69, 9.17) is 10.5 Å². The van der Waals surface area contributed by atoms with Crippen LogP contribution in [0.25, 0.3) is 6.08 Å². The molecule has 2 aromatic heterocycles. The lowest BCUT2D eigenvalue weighted by Gasteiger charge is -2.22. The van der Waals surface area contributed by atoms with Crippen LogP contribution < -0.4 is 16.4 Å². The van der Waals surface area contributed by atoms with Crippen LogP contribution in [0.15, 0.2) is 54.7 Å². The van der Waals surface area contributed by atoms with E-state index in [1.54, 1.807) is 58.0 Å². The van der Waals surface area contributed by atoms with Gasteiger partial charge in [-0.25, -0.2) is 18.6 Å². The fourth-order valence-corrected chi connectivity index (χ4v) is 3.98. The van der Waals surface area contributed by atoms with Crippen LogP contribution in [0.4, 0.5) is 19.4 Å². The van der Waals surface area contributed by atoms with Gasteiger partial charge >= 0.3 is 6.09 Å². The second-order valence-corrected chi connectivity index (χ2v) is 9.83. The van der Waals surface area contributed by atoms with E-state index in [-0.39, 0.29) is 29.4 Å². The van der Waals surface area contributed by atoms with Crippen LogP contribution in [0.5, 0.6) is 0 Å². The van der Waals surface area contributed by atoms with Crippen molar-refractivity contribution in [2.75, 3.05) is 11.9 Å². The number of carbonyl (C=O) groups excluding carboxylic acids is 2. The maximum Gasteiger partial charge on any atom is 0.407 e. The molecule has 0 aliphatic rings. The fourth-order valence-electron chi connectivity index (χ4n) is 3.98. The van der Waals surface area contributed by atoms with Crippen LogP contribution in [0, 0.1) is 11.6 Å². The number of hydrogen-bond acceptors (Lipinski definition) is 6. The molecule has 3 aromatic rings. The van der Waals surface area contributed by atoms with Crippen molar-refractivity contribution >= 4 is 23.9 Å². The second kappa shape index (κ2) is 12.9. The van der Waals surface area contributed by atoms with E-state index in [0.29, 0.717) is 24.2 Å². The number of halogens is 2. The Hall–Kier alpha value is -4.34. The van der Waals surface area contributed by atoms with Gasteiger partial charge in [0.25, 0.3) is 0 Å². The first-order valence-corrected chi connectivity index (χ1v) is 12.5. The Morgan fingerprint density at radius 3 is 2.56 bits per heavy atom. The highest BCUT2D eigenvalue weighted by Gasteiger charge is 2.28. The number of nitrogens with two attached hydrogens (primary N) is 1. The molecule has 39 heavy (non-hydrogen) atoms. The highest BCUT2D eigenvalue weighted by atomic mass is 19.1. The highest BCUT2D eigenvalue weighted by Crippen LogP contribution is 2.32. The van der Waals surface area contributed by atoms with E-state index >= 15 is 4.39 Å². The fraction of sp³-hybridized carbons (Fsp3) is 0.310. The number of allylic oxidation sites excluding steroid dienone is 1. The average molecular weight is 538 g/mol. The molecule has 2 heterocycles. The molecule has 1 atom stereocenters. The number of rotatable bonds is 10. The van der Waals surface area contributed by atoms with Crippen LogP contribution in [-0.4, -0.2) is 34.1 Å². The summed E-state index contributed by atoms with van der Waals surface area (Å²) in [6, 6.07) is 10.7. The van der Waals surface area contributed by atoms with Crippen LogP contribution in [0.2, 0.25) is 0 Å². The molecule has 0 spiro atoms. The van der Waals surface area contributed by atoms with Crippen molar-refractivity contribution in [3.63, 3.8) is 0 Å². The summed E-state index contributed by atoms with van der Waals surface area (Å²) >= 11 is 0. The predicted octanol–water partition coefficient (Wildman–Crippen LogP) is 5.08. The number of anilines is 1. The van der Waals surface area contributed by atoms with E-state index in [1.807, 2.05) is 0 Å².